The smallest absolute Gasteiger partial charge is 0.165 e. The van der Waals surface area contributed by atoms with Crippen LogP contribution in [0.2, 0.25) is 0 Å². The molecule has 2 unspecified atom stereocenters. The molecule has 2 rings (SSSR count). The average Bonchev–Trinajstić information content (AvgIpc) is 2.56. The standard InChI is InChI=1S/C10H13FN2O/c11-7-3-2-6-12-10(7)13-8-4-1-5-9(8)14/h2-3,6,8-9,14H,1,4-5H2,(H,12,13). The topological polar surface area (TPSA) is 45.1 Å². The summed E-state index contributed by atoms with van der Waals surface area (Å²) in [6.07, 6.45) is 3.79. The summed E-state index contributed by atoms with van der Waals surface area (Å²) in [7, 11) is 0. The van der Waals surface area contributed by atoms with Gasteiger partial charge in [0.25, 0.3) is 0 Å². The Morgan fingerprint density at radius 2 is 2.36 bits per heavy atom. The Morgan fingerprint density at radius 1 is 1.50 bits per heavy atom. The van der Waals surface area contributed by atoms with E-state index in [9.17, 15) is 9.50 Å². The molecule has 0 saturated heterocycles. The van der Waals surface area contributed by atoms with Crippen LogP contribution in [0.5, 0.6) is 0 Å². The molecule has 4 heteroatoms. The van der Waals surface area contributed by atoms with Gasteiger partial charge in [-0.15, -0.1) is 0 Å². The molecule has 2 N–H and O–H groups in total. The summed E-state index contributed by atoms with van der Waals surface area (Å²) < 4.78 is 13.2. The summed E-state index contributed by atoms with van der Waals surface area (Å²) in [4.78, 5) is 3.88. The lowest BCUT2D eigenvalue weighted by Crippen LogP contribution is -2.28. The van der Waals surface area contributed by atoms with Crippen molar-refractivity contribution in [3.63, 3.8) is 0 Å². The van der Waals surface area contributed by atoms with Crippen LogP contribution in [0.4, 0.5) is 10.2 Å². The van der Waals surface area contributed by atoms with E-state index in [2.05, 4.69) is 10.3 Å². The maximum atomic E-state index is 13.2. The minimum absolute atomic E-state index is 0.0561. The van der Waals surface area contributed by atoms with Gasteiger partial charge in [0.05, 0.1) is 12.1 Å². The normalized spacial score (nSPS) is 26.4. The molecule has 1 saturated carbocycles. The molecule has 0 aliphatic heterocycles. The molecule has 0 radical (unpaired) electrons. The number of rotatable bonds is 2. The summed E-state index contributed by atoms with van der Waals surface area (Å²) in [5.74, 6) is -0.134. The van der Waals surface area contributed by atoms with Crippen LogP contribution in [0, 0.1) is 5.82 Å². The minimum Gasteiger partial charge on any atom is -0.391 e. The van der Waals surface area contributed by atoms with E-state index >= 15 is 0 Å². The van der Waals surface area contributed by atoms with Crippen LogP contribution in [-0.4, -0.2) is 22.2 Å². The van der Waals surface area contributed by atoms with Gasteiger partial charge in [-0.3, -0.25) is 0 Å². The van der Waals surface area contributed by atoms with Crippen molar-refractivity contribution in [3.05, 3.63) is 24.1 Å². The molecule has 14 heavy (non-hydrogen) atoms. The van der Waals surface area contributed by atoms with Crippen LogP contribution in [0.15, 0.2) is 18.3 Å². The molecule has 1 fully saturated rings. The number of pyridine rings is 1. The van der Waals surface area contributed by atoms with Crippen LogP contribution in [0.1, 0.15) is 19.3 Å². The Hall–Kier alpha value is -1.16. The van der Waals surface area contributed by atoms with E-state index in [0.717, 1.165) is 19.3 Å². The largest absolute Gasteiger partial charge is 0.391 e. The van der Waals surface area contributed by atoms with Crippen LogP contribution in [0.25, 0.3) is 0 Å². The molecular formula is C10H13FN2O. The van der Waals surface area contributed by atoms with Crippen molar-refractivity contribution in [3.8, 4) is 0 Å². The first-order chi connectivity index (χ1) is 6.77. The van der Waals surface area contributed by atoms with Gasteiger partial charge < -0.3 is 10.4 Å². The van der Waals surface area contributed by atoms with E-state index in [1.54, 1.807) is 6.07 Å². The summed E-state index contributed by atoms with van der Waals surface area (Å²) >= 11 is 0. The first-order valence-corrected chi connectivity index (χ1v) is 4.82. The Kier molecular flexibility index (Phi) is 2.63. The van der Waals surface area contributed by atoms with Crippen molar-refractivity contribution >= 4 is 5.82 Å². The number of halogens is 1. The molecule has 76 valence electrons. The summed E-state index contributed by atoms with van der Waals surface area (Å²) in [6.45, 7) is 0. The Morgan fingerprint density at radius 3 is 3.00 bits per heavy atom. The molecule has 1 aliphatic rings. The zero-order chi connectivity index (χ0) is 9.97. The molecule has 0 spiro atoms. The third-order valence-electron chi connectivity index (χ3n) is 2.56. The first-order valence-electron chi connectivity index (χ1n) is 4.82. The second kappa shape index (κ2) is 3.92. The van der Waals surface area contributed by atoms with E-state index in [0.29, 0.717) is 0 Å². The number of aliphatic hydroxyl groups is 1. The van der Waals surface area contributed by atoms with Gasteiger partial charge in [-0.2, -0.15) is 0 Å². The predicted molar refractivity (Wildman–Crippen MR) is 51.5 cm³/mol. The number of nitrogens with zero attached hydrogens (tertiary/aromatic N) is 1. The minimum atomic E-state index is -0.378. The van der Waals surface area contributed by atoms with Gasteiger partial charge in [0.2, 0.25) is 0 Å². The molecule has 1 aliphatic carbocycles. The molecule has 3 nitrogen and oxygen atoms in total. The second-order valence-electron chi connectivity index (χ2n) is 3.58. The van der Waals surface area contributed by atoms with Gasteiger partial charge in [-0.1, -0.05) is 0 Å². The van der Waals surface area contributed by atoms with Crippen molar-refractivity contribution < 1.29 is 9.50 Å². The molecule has 1 aromatic rings. The van der Waals surface area contributed by atoms with E-state index in [1.807, 2.05) is 0 Å². The summed E-state index contributed by atoms with van der Waals surface area (Å²) in [5.41, 5.74) is 0. The highest BCUT2D eigenvalue weighted by Crippen LogP contribution is 2.22. The highest BCUT2D eigenvalue weighted by Gasteiger charge is 2.25. The Bertz CT molecular complexity index is 319. The first kappa shape index (κ1) is 9.40. The fourth-order valence-corrected chi connectivity index (χ4v) is 1.78. The Balaban J connectivity index is 2.07. The Labute approximate surface area is 82.0 Å². The monoisotopic (exact) mass is 196 g/mol. The van der Waals surface area contributed by atoms with Gasteiger partial charge in [0.15, 0.2) is 11.6 Å². The molecule has 1 aromatic heterocycles. The van der Waals surface area contributed by atoms with Gasteiger partial charge >= 0.3 is 0 Å². The van der Waals surface area contributed by atoms with E-state index in [1.165, 1.54) is 12.3 Å². The maximum absolute atomic E-state index is 13.2. The van der Waals surface area contributed by atoms with Crippen molar-refractivity contribution in [2.24, 2.45) is 0 Å². The number of nitrogens with one attached hydrogen (secondary N) is 1. The highest BCUT2D eigenvalue weighted by molar-refractivity contribution is 5.37. The fraction of sp³-hybridized carbons (Fsp3) is 0.500. The lowest BCUT2D eigenvalue weighted by Gasteiger charge is -2.16. The predicted octanol–water partition coefficient (Wildman–Crippen LogP) is 1.55. The molecule has 0 amide bonds. The zero-order valence-electron chi connectivity index (χ0n) is 7.78. The fourth-order valence-electron chi connectivity index (χ4n) is 1.78. The lowest BCUT2D eigenvalue weighted by molar-refractivity contribution is 0.171. The van der Waals surface area contributed by atoms with Crippen molar-refractivity contribution in [2.45, 2.75) is 31.4 Å². The van der Waals surface area contributed by atoms with Gasteiger partial charge in [0, 0.05) is 6.20 Å². The molecule has 0 aromatic carbocycles. The quantitative estimate of drug-likeness (QED) is 0.754. The highest BCUT2D eigenvalue weighted by atomic mass is 19.1. The average molecular weight is 196 g/mol. The van der Waals surface area contributed by atoms with E-state index in [-0.39, 0.29) is 23.8 Å². The van der Waals surface area contributed by atoms with Crippen LogP contribution in [-0.2, 0) is 0 Å². The van der Waals surface area contributed by atoms with Crippen LogP contribution in [0.3, 0.4) is 0 Å². The molecule has 0 bridgehead atoms. The van der Waals surface area contributed by atoms with Crippen molar-refractivity contribution in [1.29, 1.82) is 0 Å². The number of anilines is 1. The van der Waals surface area contributed by atoms with Gasteiger partial charge in [-0.05, 0) is 31.4 Å². The third-order valence-corrected chi connectivity index (χ3v) is 2.56. The van der Waals surface area contributed by atoms with Crippen molar-refractivity contribution in [1.82, 2.24) is 4.98 Å². The number of aromatic nitrogens is 1. The number of aliphatic hydroxyl groups excluding tert-OH is 1. The van der Waals surface area contributed by atoms with Crippen molar-refractivity contribution in [2.75, 3.05) is 5.32 Å². The van der Waals surface area contributed by atoms with Crippen LogP contribution < -0.4 is 5.32 Å². The second-order valence-corrected chi connectivity index (χ2v) is 3.58. The van der Waals surface area contributed by atoms with Crippen LogP contribution >= 0.6 is 0 Å². The van der Waals surface area contributed by atoms with E-state index in [4.69, 9.17) is 0 Å². The number of hydrogen-bond acceptors (Lipinski definition) is 3. The van der Waals surface area contributed by atoms with Gasteiger partial charge in [0.1, 0.15) is 0 Å². The van der Waals surface area contributed by atoms with Gasteiger partial charge in [-0.25, -0.2) is 9.37 Å². The molecular weight excluding hydrogens is 183 g/mol. The SMILES string of the molecule is OC1CCCC1Nc1ncccc1F. The third kappa shape index (κ3) is 1.85. The maximum Gasteiger partial charge on any atom is 0.165 e. The molecule has 2 atom stereocenters. The molecule has 1 heterocycles. The zero-order valence-corrected chi connectivity index (χ0v) is 7.78. The lowest BCUT2D eigenvalue weighted by atomic mass is 10.2. The van der Waals surface area contributed by atoms with E-state index < -0.39 is 0 Å². The summed E-state index contributed by atoms with van der Waals surface area (Å²) in [5, 5.41) is 12.5. The summed E-state index contributed by atoms with van der Waals surface area (Å²) in [6, 6.07) is 2.85. The number of hydrogen-bond donors (Lipinski definition) is 2.